The first-order valence-electron chi connectivity index (χ1n) is 5.20. The summed E-state index contributed by atoms with van der Waals surface area (Å²) in [4.78, 5) is 16.6. The van der Waals surface area contributed by atoms with Crippen molar-refractivity contribution >= 4 is 26.8 Å². The van der Waals surface area contributed by atoms with E-state index < -0.39 is 0 Å². The van der Waals surface area contributed by atoms with Gasteiger partial charge in [-0.15, -0.1) is 0 Å². The fraction of sp³-hybridized carbons (Fsp3) is 0.333. The summed E-state index contributed by atoms with van der Waals surface area (Å²) in [6, 6.07) is 3.86. The van der Waals surface area contributed by atoms with Gasteiger partial charge in [-0.25, -0.2) is 4.98 Å². The van der Waals surface area contributed by atoms with Crippen molar-refractivity contribution in [2.75, 3.05) is 0 Å². The minimum Gasteiger partial charge on any atom is -0.299 e. The molecule has 0 unspecified atom stereocenters. The predicted molar refractivity (Wildman–Crippen MR) is 68.8 cm³/mol. The second kappa shape index (κ2) is 4.01. The number of rotatable bonds is 1. The Labute approximate surface area is 102 Å². The second-order valence-corrected chi connectivity index (χ2v) is 4.74. The van der Waals surface area contributed by atoms with E-state index in [1.165, 1.54) is 0 Å². The molecule has 84 valence electrons. The fourth-order valence-electron chi connectivity index (χ4n) is 1.83. The number of halogens is 1. The van der Waals surface area contributed by atoms with Crippen LogP contribution in [0.15, 0.2) is 21.4 Å². The van der Waals surface area contributed by atoms with Gasteiger partial charge in [-0.3, -0.25) is 9.36 Å². The number of hydrogen-bond acceptors (Lipinski definition) is 2. The van der Waals surface area contributed by atoms with E-state index in [0.29, 0.717) is 5.39 Å². The largest absolute Gasteiger partial charge is 0.299 e. The van der Waals surface area contributed by atoms with Gasteiger partial charge >= 0.3 is 0 Å². The molecule has 0 fully saturated rings. The molecule has 0 aliphatic rings. The number of nitrogens with zero attached hydrogens (tertiary/aromatic N) is 2. The number of benzene rings is 1. The van der Waals surface area contributed by atoms with Gasteiger partial charge < -0.3 is 0 Å². The molecule has 0 amide bonds. The molecule has 1 aromatic heterocycles. The first kappa shape index (κ1) is 11.3. The molecule has 2 rings (SSSR count). The first-order valence-corrected chi connectivity index (χ1v) is 5.99. The van der Waals surface area contributed by atoms with Gasteiger partial charge in [0.1, 0.15) is 5.82 Å². The highest BCUT2D eigenvalue weighted by molar-refractivity contribution is 9.10. The maximum Gasteiger partial charge on any atom is 0.261 e. The van der Waals surface area contributed by atoms with Gasteiger partial charge in [-0.05, 0) is 40.5 Å². The van der Waals surface area contributed by atoms with Gasteiger partial charge in [0.15, 0.2) is 0 Å². The van der Waals surface area contributed by atoms with Crippen molar-refractivity contribution in [1.29, 1.82) is 0 Å². The van der Waals surface area contributed by atoms with Crippen LogP contribution in [0.25, 0.3) is 10.9 Å². The molecule has 1 aromatic carbocycles. The third kappa shape index (κ3) is 1.67. The molecule has 16 heavy (non-hydrogen) atoms. The van der Waals surface area contributed by atoms with Crippen LogP contribution in [-0.2, 0) is 13.5 Å². The molecule has 0 aliphatic carbocycles. The van der Waals surface area contributed by atoms with Crippen LogP contribution in [0.2, 0.25) is 0 Å². The van der Waals surface area contributed by atoms with Crippen molar-refractivity contribution in [1.82, 2.24) is 9.55 Å². The molecular formula is C12H13BrN2O. The smallest absolute Gasteiger partial charge is 0.261 e. The standard InChI is InChI=1S/C12H13BrN2O/c1-4-10-14-11-8(12(16)15(10)3)5-7(2)6-9(11)13/h5-6H,4H2,1-3H3. The summed E-state index contributed by atoms with van der Waals surface area (Å²) in [6.07, 6.45) is 0.752. The molecule has 0 atom stereocenters. The van der Waals surface area contributed by atoms with Crippen LogP contribution in [0.5, 0.6) is 0 Å². The summed E-state index contributed by atoms with van der Waals surface area (Å²) >= 11 is 3.46. The van der Waals surface area contributed by atoms with Crippen molar-refractivity contribution in [3.05, 3.63) is 38.3 Å². The lowest BCUT2D eigenvalue weighted by Crippen LogP contribution is -2.22. The van der Waals surface area contributed by atoms with Crippen LogP contribution < -0.4 is 5.56 Å². The lowest BCUT2D eigenvalue weighted by Gasteiger charge is -2.08. The summed E-state index contributed by atoms with van der Waals surface area (Å²) in [5.41, 5.74) is 1.83. The summed E-state index contributed by atoms with van der Waals surface area (Å²) in [7, 11) is 1.77. The Balaban J connectivity index is 2.99. The average Bonchev–Trinajstić information content (AvgIpc) is 2.24. The lowest BCUT2D eigenvalue weighted by atomic mass is 10.1. The topological polar surface area (TPSA) is 34.9 Å². The molecule has 0 saturated carbocycles. The van der Waals surface area contributed by atoms with Gasteiger partial charge in [0.05, 0.1) is 10.9 Å². The molecule has 4 heteroatoms. The molecule has 0 bridgehead atoms. The third-order valence-electron chi connectivity index (χ3n) is 2.69. The van der Waals surface area contributed by atoms with Crippen LogP contribution >= 0.6 is 15.9 Å². The van der Waals surface area contributed by atoms with Gasteiger partial charge in [0, 0.05) is 17.9 Å². The minimum atomic E-state index is 0.0197. The predicted octanol–water partition coefficient (Wildman–Crippen LogP) is 2.57. The van der Waals surface area contributed by atoms with Gasteiger partial charge in [0.2, 0.25) is 0 Å². The number of aromatic nitrogens is 2. The van der Waals surface area contributed by atoms with Gasteiger partial charge in [-0.1, -0.05) is 6.92 Å². The molecule has 0 saturated heterocycles. The third-order valence-corrected chi connectivity index (χ3v) is 3.29. The van der Waals surface area contributed by atoms with Crippen LogP contribution in [0.3, 0.4) is 0 Å². The average molecular weight is 281 g/mol. The van der Waals surface area contributed by atoms with Crippen molar-refractivity contribution < 1.29 is 0 Å². The van der Waals surface area contributed by atoms with Crippen LogP contribution in [0.4, 0.5) is 0 Å². The summed E-state index contributed by atoms with van der Waals surface area (Å²) in [5.74, 6) is 0.807. The van der Waals surface area contributed by atoms with Crippen molar-refractivity contribution in [3.8, 4) is 0 Å². The Morgan fingerprint density at radius 2 is 2.12 bits per heavy atom. The van der Waals surface area contributed by atoms with E-state index in [9.17, 15) is 4.79 Å². The van der Waals surface area contributed by atoms with E-state index in [1.54, 1.807) is 11.6 Å². The quantitative estimate of drug-likeness (QED) is 0.805. The number of hydrogen-bond donors (Lipinski definition) is 0. The second-order valence-electron chi connectivity index (χ2n) is 3.89. The summed E-state index contributed by atoms with van der Waals surface area (Å²) < 4.78 is 2.50. The Morgan fingerprint density at radius 3 is 2.75 bits per heavy atom. The maximum absolute atomic E-state index is 12.1. The van der Waals surface area contributed by atoms with E-state index >= 15 is 0 Å². The monoisotopic (exact) mass is 280 g/mol. The Morgan fingerprint density at radius 1 is 1.44 bits per heavy atom. The van der Waals surface area contributed by atoms with Crippen molar-refractivity contribution in [3.63, 3.8) is 0 Å². The van der Waals surface area contributed by atoms with Gasteiger partial charge in [0.25, 0.3) is 5.56 Å². The highest BCUT2D eigenvalue weighted by Gasteiger charge is 2.09. The summed E-state index contributed by atoms with van der Waals surface area (Å²) in [6.45, 7) is 3.97. The van der Waals surface area contributed by atoms with E-state index in [1.807, 2.05) is 26.0 Å². The number of aryl methyl sites for hydroxylation is 2. The zero-order valence-electron chi connectivity index (χ0n) is 9.54. The molecule has 2 aromatic rings. The molecule has 3 nitrogen and oxygen atoms in total. The molecule has 0 radical (unpaired) electrons. The van der Waals surface area contributed by atoms with Crippen LogP contribution in [-0.4, -0.2) is 9.55 Å². The SMILES string of the molecule is CCc1nc2c(Br)cc(C)cc2c(=O)n1C. The van der Waals surface area contributed by atoms with E-state index in [-0.39, 0.29) is 5.56 Å². The molecule has 0 aliphatic heterocycles. The normalized spacial score (nSPS) is 11.0. The molecular weight excluding hydrogens is 268 g/mol. The highest BCUT2D eigenvalue weighted by atomic mass is 79.9. The van der Waals surface area contributed by atoms with E-state index in [2.05, 4.69) is 20.9 Å². The van der Waals surface area contributed by atoms with Gasteiger partial charge in [-0.2, -0.15) is 0 Å². The Hall–Kier alpha value is -1.16. The van der Waals surface area contributed by atoms with Crippen molar-refractivity contribution in [2.45, 2.75) is 20.3 Å². The molecule has 0 N–H and O–H groups in total. The van der Waals surface area contributed by atoms with E-state index in [4.69, 9.17) is 0 Å². The zero-order chi connectivity index (χ0) is 11.9. The van der Waals surface area contributed by atoms with Crippen LogP contribution in [0.1, 0.15) is 18.3 Å². The minimum absolute atomic E-state index is 0.0197. The maximum atomic E-state index is 12.1. The Bertz CT molecular complexity index is 616. The fourth-order valence-corrected chi connectivity index (χ4v) is 2.49. The van der Waals surface area contributed by atoms with Crippen molar-refractivity contribution in [2.24, 2.45) is 7.05 Å². The van der Waals surface area contributed by atoms with Crippen LogP contribution in [0, 0.1) is 6.92 Å². The zero-order valence-corrected chi connectivity index (χ0v) is 11.1. The Kier molecular flexibility index (Phi) is 2.84. The lowest BCUT2D eigenvalue weighted by molar-refractivity contribution is 0.752. The first-order chi connectivity index (χ1) is 7.54. The highest BCUT2D eigenvalue weighted by Crippen LogP contribution is 2.22. The van der Waals surface area contributed by atoms with E-state index in [0.717, 1.165) is 27.8 Å². The molecule has 1 heterocycles. The summed E-state index contributed by atoms with van der Waals surface area (Å²) in [5, 5.41) is 0.673. The molecule has 0 spiro atoms. The number of fused-ring (bicyclic) bond motifs is 1.